The molecule has 0 saturated heterocycles. The van der Waals surface area contributed by atoms with E-state index in [4.69, 9.17) is 9.84 Å². The SMILES string of the molecule is CC(C)(C)OC(=O)NC(CC(=O)NC(CC(=O)O)Cc1cc(F)c(F)cc1F)Cc1cc(F)c(F)cc1F. The van der Waals surface area contributed by atoms with Gasteiger partial charge in [0.1, 0.15) is 17.2 Å². The Balaban J connectivity index is 2.24. The molecule has 0 aliphatic rings. The predicted octanol–water partition coefficient (Wildman–Crippen LogP) is 4.55. The minimum Gasteiger partial charge on any atom is -0.481 e. The van der Waals surface area contributed by atoms with Gasteiger partial charge < -0.3 is 20.5 Å². The molecule has 2 aromatic rings. The molecule has 0 saturated carbocycles. The highest BCUT2D eigenvalue weighted by molar-refractivity contribution is 5.79. The Hall–Kier alpha value is -3.77. The lowest BCUT2D eigenvalue weighted by Gasteiger charge is -2.24. The molecule has 2 aromatic carbocycles. The zero-order valence-electron chi connectivity index (χ0n) is 20.6. The first kappa shape index (κ1) is 30.5. The molecule has 2 rings (SSSR count). The summed E-state index contributed by atoms with van der Waals surface area (Å²) in [4.78, 5) is 36.3. The Morgan fingerprint density at radius 3 is 1.58 bits per heavy atom. The summed E-state index contributed by atoms with van der Waals surface area (Å²) in [5.41, 5.74) is -1.72. The summed E-state index contributed by atoms with van der Waals surface area (Å²) < 4.78 is 87.2. The first-order valence-electron chi connectivity index (χ1n) is 11.3. The summed E-state index contributed by atoms with van der Waals surface area (Å²) >= 11 is 0. The van der Waals surface area contributed by atoms with Crippen LogP contribution in [-0.4, -0.2) is 40.8 Å². The van der Waals surface area contributed by atoms with Gasteiger partial charge in [0.25, 0.3) is 0 Å². The van der Waals surface area contributed by atoms with E-state index in [-0.39, 0.29) is 11.6 Å². The van der Waals surface area contributed by atoms with Crippen LogP contribution >= 0.6 is 0 Å². The van der Waals surface area contributed by atoms with Gasteiger partial charge in [-0.1, -0.05) is 0 Å². The van der Waals surface area contributed by atoms with Crippen LogP contribution in [0.4, 0.5) is 31.1 Å². The standard InChI is InChI=1S/C25H26F6N2O5/c1-25(2,3)38-24(37)33-14(4-12-6-18(28)20(30)10-16(12)26)8-22(34)32-15(9-23(35)36)5-13-7-19(29)21(31)11-17(13)27/h6-7,10-11,14-15H,4-5,8-9H2,1-3H3,(H,32,34)(H,33,37)(H,35,36). The Morgan fingerprint density at radius 2 is 1.16 bits per heavy atom. The van der Waals surface area contributed by atoms with Crippen molar-refractivity contribution in [2.75, 3.05) is 0 Å². The highest BCUT2D eigenvalue weighted by atomic mass is 19.2. The van der Waals surface area contributed by atoms with Crippen molar-refractivity contribution in [1.82, 2.24) is 10.6 Å². The molecular weight excluding hydrogens is 522 g/mol. The van der Waals surface area contributed by atoms with Crippen LogP contribution < -0.4 is 10.6 Å². The van der Waals surface area contributed by atoms with Crippen LogP contribution in [0.3, 0.4) is 0 Å². The fourth-order valence-electron chi connectivity index (χ4n) is 3.52. The number of amides is 2. The van der Waals surface area contributed by atoms with Gasteiger partial charge in [0, 0.05) is 30.6 Å². The number of benzene rings is 2. The van der Waals surface area contributed by atoms with E-state index in [1.165, 1.54) is 0 Å². The number of carbonyl (C=O) groups excluding carboxylic acids is 2. The fraction of sp³-hybridized carbons (Fsp3) is 0.400. The van der Waals surface area contributed by atoms with Crippen molar-refractivity contribution in [2.45, 2.75) is 64.1 Å². The second-order valence-corrected chi connectivity index (χ2v) is 9.53. The van der Waals surface area contributed by atoms with Crippen molar-refractivity contribution >= 4 is 18.0 Å². The van der Waals surface area contributed by atoms with E-state index < -0.39 is 102 Å². The van der Waals surface area contributed by atoms with E-state index in [2.05, 4.69) is 10.6 Å². The van der Waals surface area contributed by atoms with Gasteiger partial charge in [-0.15, -0.1) is 0 Å². The molecule has 0 aliphatic heterocycles. The van der Waals surface area contributed by atoms with Crippen molar-refractivity contribution in [3.63, 3.8) is 0 Å². The molecule has 0 aromatic heterocycles. The van der Waals surface area contributed by atoms with Gasteiger partial charge in [-0.05, 0) is 56.9 Å². The average Bonchev–Trinajstić information content (AvgIpc) is 2.73. The minimum absolute atomic E-state index is 0.279. The van der Waals surface area contributed by atoms with E-state index in [1.807, 2.05) is 0 Å². The van der Waals surface area contributed by atoms with Crippen molar-refractivity contribution < 1.29 is 50.6 Å². The molecule has 0 spiro atoms. The molecule has 7 nitrogen and oxygen atoms in total. The van der Waals surface area contributed by atoms with E-state index >= 15 is 0 Å². The van der Waals surface area contributed by atoms with Gasteiger partial charge in [-0.2, -0.15) is 0 Å². The van der Waals surface area contributed by atoms with Crippen molar-refractivity contribution in [3.05, 3.63) is 70.3 Å². The van der Waals surface area contributed by atoms with Gasteiger partial charge in [0.2, 0.25) is 5.91 Å². The van der Waals surface area contributed by atoms with Crippen molar-refractivity contribution in [1.29, 1.82) is 0 Å². The number of nitrogens with one attached hydrogen (secondary N) is 2. The number of carbonyl (C=O) groups is 3. The van der Waals surface area contributed by atoms with Gasteiger partial charge in [0.05, 0.1) is 6.42 Å². The van der Waals surface area contributed by atoms with E-state index in [9.17, 15) is 40.7 Å². The van der Waals surface area contributed by atoms with Gasteiger partial charge >= 0.3 is 12.1 Å². The fourth-order valence-corrected chi connectivity index (χ4v) is 3.52. The molecule has 13 heteroatoms. The maximum absolute atomic E-state index is 14.2. The number of ether oxygens (including phenoxy) is 1. The number of alkyl carbamates (subject to hydrolysis) is 1. The molecule has 208 valence electrons. The lowest BCUT2D eigenvalue weighted by molar-refractivity contribution is -0.137. The summed E-state index contributed by atoms with van der Waals surface area (Å²) in [6, 6.07) is -0.859. The Morgan fingerprint density at radius 1 is 0.737 bits per heavy atom. The molecule has 2 amide bonds. The molecule has 0 radical (unpaired) electrons. The first-order valence-corrected chi connectivity index (χ1v) is 11.3. The Kier molecular flexibility index (Phi) is 10.1. The number of hydrogen-bond acceptors (Lipinski definition) is 4. The second kappa shape index (κ2) is 12.7. The molecule has 0 heterocycles. The lowest BCUT2D eigenvalue weighted by Crippen LogP contribution is -2.45. The third kappa shape index (κ3) is 9.60. The van der Waals surface area contributed by atoms with Crippen molar-refractivity contribution in [3.8, 4) is 0 Å². The second-order valence-electron chi connectivity index (χ2n) is 9.53. The molecule has 0 aliphatic carbocycles. The van der Waals surface area contributed by atoms with Crippen molar-refractivity contribution in [2.24, 2.45) is 0 Å². The van der Waals surface area contributed by atoms with E-state index in [0.717, 1.165) is 0 Å². The number of halogens is 6. The zero-order chi connectivity index (χ0) is 28.8. The van der Waals surface area contributed by atoms with Gasteiger partial charge in [-0.25, -0.2) is 31.1 Å². The monoisotopic (exact) mass is 548 g/mol. The molecule has 0 bridgehead atoms. The summed E-state index contributed by atoms with van der Waals surface area (Å²) in [6.07, 6.45) is -3.37. The van der Waals surface area contributed by atoms with Crippen LogP contribution in [0.15, 0.2) is 24.3 Å². The van der Waals surface area contributed by atoms with E-state index in [0.29, 0.717) is 18.2 Å². The minimum atomic E-state index is -1.45. The quantitative estimate of drug-likeness (QED) is 0.299. The van der Waals surface area contributed by atoms with Gasteiger partial charge in [-0.3, -0.25) is 9.59 Å². The third-order valence-electron chi connectivity index (χ3n) is 5.05. The third-order valence-corrected chi connectivity index (χ3v) is 5.05. The van der Waals surface area contributed by atoms with Crippen LogP contribution in [0.1, 0.15) is 44.7 Å². The highest BCUT2D eigenvalue weighted by Crippen LogP contribution is 2.19. The van der Waals surface area contributed by atoms with Crippen LogP contribution in [0, 0.1) is 34.9 Å². The molecule has 2 atom stereocenters. The number of rotatable bonds is 10. The first-order chi connectivity index (χ1) is 17.5. The molecule has 3 N–H and O–H groups in total. The van der Waals surface area contributed by atoms with Crippen LogP contribution in [0.2, 0.25) is 0 Å². The Labute approximate surface area is 214 Å². The normalized spacial score (nSPS) is 13.0. The maximum atomic E-state index is 14.2. The topological polar surface area (TPSA) is 105 Å². The Bertz CT molecular complexity index is 1200. The number of hydrogen-bond donors (Lipinski definition) is 3. The predicted molar refractivity (Wildman–Crippen MR) is 122 cm³/mol. The molecule has 0 fully saturated rings. The summed E-state index contributed by atoms with van der Waals surface area (Å²) in [5.74, 6) is -10.2. The molecule has 38 heavy (non-hydrogen) atoms. The number of carboxylic acid groups (broad SMARTS) is 1. The van der Waals surface area contributed by atoms with E-state index in [1.54, 1.807) is 20.8 Å². The van der Waals surface area contributed by atoms with Crippen LogP contribution in [0.25, 0.3) is 0 Å². The zero-order valence-corrected chi connectivity index (χ0v) is 20.6. The number of aliphatic carboxylic acids is 1. The smallest absolute Gasteiger partial charge is 0.407 e. The maximum Gasteiger partial charge on any atom is 0.407 e. The largest absolute Gasteiger partial charge is 0.481 e. The average molecular weight is 548 g/mol. The molecule has 2 unspecified atom stereocenters. The lowest BCUT2D eigenvalue weighted by atomic mass is 10.00. The van der Waals surface area contributed by atoms with Crippen LogP contribution in [-0.2, 0) is 27.2 Å². The van der Waals surface area contributed by atoms with Gasteiger partial charge in [0.15, 0.2) is 23.3 Å². The summed E-state index contributed by atoms with van der Waals surface area (Å²) in [7, 11) is 0. The highest BCUT2D eigenvalue weighted by Gasteiger charge is 2.26. The summed E-state index contributed by atoms with van der Waals surface area (Å²) in [6.45, 7) is 4.66. The molecular formula is C25H26F6N2O5. The summed E-state index contributed by atoms with van der Waals surface area (Å²) in [5, 5.41) is 13.8. The number of carboxylic acids is 1. The van der Waals surface area contributed by atoms with Crippen LogP contribution in [0.5, 0.6) is 0 Å².